The van der Waals surface area contributed by atoms with Gasteiger partial charge in [-0.3, -0.25) is 9.10 Å². The average Bonchev–Trinajstić information content (AvgIpc) is 3.76. The Bertz CT molecular complexity index is 1600. The van der Waals surface area contributed by atoms with Crippen molar-refractivity contribution in [3.8, 4) is 0 Å². The number of nitrogens with zero attached hydrogens (tertiary/aromatic N) is 2. The predicted molar refractivity (Wildman–Crippen MR) is 151 cm³/mol. The van der Waals surface area contributed by atoms with Gasteiger partial charge in [-0.05, 0) is 104 Å². The van der Waals surface area contributed by atoms with Crippen molar-refractivity contribution in [3.63, 3.8) is 0 Å². The lowest BCUT2D eigenvalue weighted by Crippen LogP contribution is -2.50. The number of carbonyl (C=O) groups is 1. The molecule has 0 bridgehead atoms. The van der Waals surface area contributed by atoms with Gasteiger partial charge >= 0.3 is 0 Å². The lowest BCUT2D eigenvalue weighted by Gasteiger charge is -2.42. The highest BCUT2D eigenvalue weighted by Crippen LogP contribution is 2.60. The highest BCUT2D eigenvalue weighted by Gasteiger charge is 2.59. The fourth-order valence-corrected chi connectivity index (χ4v) is 8.43. The van der Waals surface area contributed by atoms with Gasteiger partial charge in [0.1, 0.15) is 5.82 Å². The number of nitrogens with one attached hydrogen (secondary N) is 1. The van der Waals surface area contributed by atoms with Gasteiger partial charge in [0.2, 0.25) is 0 Å². The molecule has 2 saturated carbocycles. The second kappa shape index (κ2) is 10.2. The molecule has 7 nitrogen and oxygen atoms in total. The van der Waals surface area contributed by atoms with Gasteiger partial charge in [0.25, 0.3) is 15.9 Å². The summed E-state index contributed by atoms with van der Waals surface area (Å²) in [6, 6.07) is 17.1. The van der Waals surface area contributed by atoms with Crippen LogP contribution in [-0.2, 0) is 22.0 Å². The van der Waals surface area contributed by atoms with E-state index in [-0.39, 0.29) is 29.3 Å². The molecule has 208 valence electrons. The summed E-state index contributed by atoms with van der Waals surface area (Å²) in [7, 11) is -4.03. The second-order valence-electron chi connectivity index (χ2n) is 10.9. The van der Waals surface area contributed by atoms with Crippen LogP contribution < -0.4 is 9.62 Å². The summed E-state index contributed by atoms with van der Waals surface area (Å²) in [6.45, 7) is 0.257. The Labute approximate surface area is 237 Å². The fourth-order valence-electron chi connectivity index (χ4n) is 6.42. The molecular weight excluding hydrogens is 553 g/mol. The van der Waals surface area contributed by atoms with Crippen molar-refractivity contribution >= 4 is 38.9 Å². The molecule has 2 fully saturated rings. The van der Waals surface area contributed by atoms with Gasteiger partial charge in [-0.15, -0.1) is 0 Å². The van der Waals surface area contributed by atoms with Crippen LogP contribution in [0.1, 0.15) is 60.0 Å². The standard InChI is InChI=1S/C30H29ClFN3O4S/c31-26-4-2-1-3-21(26)18-33-29(36)20-7-12-27-25(17-20)30(15-13-23(34-37)14-16-30)28(19-5-6-19)35(27)40(38,39)24-10-8-22(32)9-11-24/h1-4,7-12,17,19,28,37H,5-6,13-16,18H2,(H,33,36). The number of carbonyl (C=O) groups excluding carboxylic acids is 1. The molecule has 10 heteroatoms. The summed E-state index contributed by atoms with van der Waals surface area (Å²) in [6.07, 6.45) is 4.07. The first-order valence-electron chi connectivity index (χ1n) is 13.4. The Morgan fingerprint density at radius 2 is 1.77 bits per heavy atom. The quantitative estimate of drug-likeness (QED) is 0.274. The lowest BCUT2D eigenvalue weighted by molar-refractivity contribution is 0.0950. The molecule has 1 amide bonds. The summed E-state index contributed by atoms with van der Waals surface area (Å²) < 4.78 is 43.5. The van der Waals surface area contributed by atoms with Crippen LogP contribution in [0.25, 0.3) is 0 Å². The van der Waals surface area contributed by atoms with E-state index in [2.05, 4.69) is 10.5 Å². The van der Waals surface area contributed by atoms with Crippen LogP contribution in [0.3, 0.4) is 0 Å². The first-order valence-corrected chi connectivity index (χ1v) is 15.2. The molecule has 40 heavy (non-hydrogen) atoms. The van der Waals surface area contributed by atoms with Crippen molar-refractivity contribution in [2.24, 2.45) is 11.1 Å². The first kappa shape index (κ1) is 26.8. The number of amides is 1. The lowest BCUT2D eigenvalue weighted by atomic mass is 9.65. The first-order chi connectivity index (χ1) is 19.2. The highest BCUT2D eigenvalue weighted by molar-refractivity contribution is 7.92. The van der Waals surface area contributed by atoms with Crippen molar-refractivity contribution in [3.05, 3.63) is 94.3 Å². The SMILES string of the molecule is O=C(NCc1ccccc1Cl)c1ccc2c(c1)C1(CCC(=NO)CC1)C(C1CC1)N2S(=O)(=O)c1ccc(F)cc1. The minimum atomic E-state index is -4.03. The van der Waals surface area contributed by atoms with E-state index in [0.29, 0.717) is 47.7 Å². The van der Waals surface area contributed by atoms with Crippen LogP contribution in [-0.4, -0.2) is 31.3 Å². The van der Waals surface area contributed by atoms with Crippen molar-refractivity contribution < 1.29 is 22.8 Å². The Morgan fingerprint density at radius 1 is 1.07 bits per heavy atom. The van der Waals surface area contributed by atoms with Crippen LogP contribution in [0.2, 0.25) is 5.02 Å². The normalized spacial score (nSPS) is 22.3. The Morgan fingerprint density at radius 3 is 2.42 bits per heavy atom. The maximum absolute atomic E-state index is 14.2. The van der Waals surface area contributed by atoms with E-state index < -0.39 is 21.3 Å². The van der Waals surface area contributed by atoms with Crippen LogP contribution in [0.15, 0.2) is 76.8 Å². The Kier molecular flexibility index (Phi) is 6.82. The molecular formula is C30H29ClFN3O4S. The molecule has 2 aliphatic carbocycles. The summed E-state index contributed by atoms with van der Waals surface area (Å²) in [5, 5.41) is 16.4. The van der Waals surface area contributed by atoms with Crippen molar-refractivity contribution in [1.82, 2.24) is 5.32 Å². The second-order valence-corrected chi connectivity index (χ2v) is 13.1. The van der Waals surface area contributed by atoms with Gasteiger partial charge < -0.3 is 10.5 Å². The van der Waals surface area contributed by atoms with Crippen LogP contribution in [0, 0.1) is 11.7 Å². The maximum atomic E-state index is 14.2. The molecule has 1 unspecified atom stereocenters. The van der Waals surface area contributed by atoms with Gasteiger partial charge in [0.05, 0.1) is 22.3 Å². The minimum absolute atomic E-state index is 0.0255. The maximum Gasteiger partial charge on any atom is 0.264 e. The van der Waals surface area contributed by atoms with E-state index in [1.807, 2.05) is 24.3 Å². The highest BCUT2D eigenvalue weighted by atomic mass is 35.5. The number of rotatable bonds is 6. The molecule has 1 atom stereocenters. The van der Waals surface area contributed by atoms with Crippen LogP contribution in [0.4, 0.5) is 10.1 Å². The topological polar surface area (TPSA) is 99.1 Å². The molecule has 0 aromatic heterocycles. The van der Waals surface area contributed by atoms with E-state index >= 15 is 0 Å². The number of halogens is 2. The van der Waals surface area contributed by atoms with Gasteiger partial charge in [0, 0.05) is 22.5 Å². The molecule has 6 rings (SSSR count). The van der Waals surface area contributed by atoms with Gasteiger partial charge in [0.15, 0.2) is 0 Å². The number of sulfonamides is 1. The Balaban J connectivity index is 1.42. The van der Waals surface area contributed by atoms with E-state index in [0.717, 1.165) is 36.1 Å². The Hall–Kier alpha value is -3.43. The predicted octanol–water partition coefficient (Wildman–Crippen LogP) is 6.04. The molecule has 1 heterocycles. The van der Waals surface area contributed by atoms with E-state index in [4.69, 9.17) is 11.6 Å². The van der Waals surface area contributed by atoms with E-state index in [1.54, 1.807) is 18.2 Å². The number of anilines is 1. The largest absolute Gasteiger partial charge is 0.411 e. The van der Waals surface area contributed by atoms with Gasteiger partial charge in [-0.25, -0.2) is 12.8 Å². The summed E-state index contributed by atoms with van der Waals surface area (Å²) >= 11 is 6.26. The number of benzene rings is 3. The number of oxime groups is 1. The molecule has 1 aliphatic heterocycles. The monoisotopic (exact) mass is 581 g/mol. The zero-order valence-corrected chi connectivity index (χ0v) is 23.3. The zero-order valence-electron chi connectivity index (χ0n) is 21.7. The van der Waals surface area contributed by atoms with E-state index in [9.17, 15) is 22.8 Å². The zero-order chi connectivity index (χ0) is 28.1. The van der Waals surface area contributed by atoms with E-state index in [1.165, 1.54) is 16.4 Å². The van der Waals surface area contributed by atoms with Gasteiger partial charge in [-0.2, -0.15) is 0 Å². The summed E-state index contributed by atoms with van der Waals surface area (Å²) in [5.41, 5.74) is 2.74. The summed E-state index contributed by atoms with van der Waals surface area (Å²) in [4.78, 5) is 13.3. The fraction of sp³-hybridized carbons (Fsp3) is 0.333. The molecule has 3 aliphatic rings. The number of hydrogen-bond acceptors (Lipinski definition) is 5. The summed E-state index contributed by atoms with van der Waals surface area (Å²) in [5.74, 6) is -0.631. The van der Waals surface area contributed by atoms with Crippen molar-refractivity contribution in [2.45, 2.75) is 61.4 Å². The third-order valence-corrected chi connectivity index (χ3v) is 10.7. The van der Waals surface area contributed by atoms with Crippen molar-refractivity contribution in [2.75, 3.05) is 4.31 Å². The minimum Gasteiger partial charge on any atom is -0.411 e. The number of hydrogen-bond donors (Lipinski definition) is 2. The molecule has 0 saturated heterocycles. The third kappa shape index (κ3) is 4.55. The molecule has 3 aromatic carbocycles. The average molecular weight is 582 g/mol. The molecule has 0 radical (unpaired) electrons. The molecule has 1 spiro atoms. The molecule has 2 N–H and O–H groups in total. The smallest absolute Gasteiger partial charge is 0.264 e. The third-order valence-electron chi connectivity index (χ3n) is 8.55. The van der Waals surface area contributed by atoms with Crippen molar-refractivity contribution in [1.29, 1.82) is 0 Å². The van der Waals surface area contributed by atoms with Gasteiger partial charge in [-0.1, -0.05) is 35.0 Å². The van der Waals surface area contributed by atoms with Crippen LogP contribution in [0.5, 0.6) is 0 Å². The molecule has 3 aromatic rings. The number of fused-ring (bicyclic) bond motifs is 2. The van der Waals surface area contributed by atoms with Crippen LogP contribution >= 0.6 is 11.6 Å².